The molecule has 1 saturated carbocycles. The Bertz CT molecular complexity index is 386. The molecular formula is C17H34N4. The molecule has 1 spiro atoms. The molecule has 2 N–H and O–H groups in total. The minimum Gasteiger partial charge on any atom is -0.370 e. The summed E-state index contributed by atoms with van der Waals surface area (Å²) in [6.45, 7) is 16.9. The fourth-order valence-corrected chi connectivity index (χ4v) is 4.80. The lowest BCUT2D eigenvalue weighted by molar-refractivity contribution is 0.0342. The molecule has 0 amide bonds. The second-order valence-electron chi connectivity index (χ2n) is 7.93. The van der Waals surface area contributed by atoms with Gasteiger partial charge < -0.3 is 15.5 Å². The van der Waals surface area contributed by atoms with E-state index in [4.69, 9.17) is 5.73 Å². The number of guanidine groups is 1. The van der Waals surface area contributed by atoms with Crippen LogP contribution in [0.3, 0.4) is 0 Å². The van der Waals surface area contributed by atoms with Gasteiger partial charge in [-0.1, -0.05) is 34.6 Å². The van der Waals surface area contributed by atoms with Crippen LogP contribution in [0.4, 0.5) is 0 Å². The molecule has 0 aromatic carbocycles. The van der Waals surface area contributed by atoms with E-state index < -0.39 is 0 Å². The lowest BCUT2D eigenvalue weighted by Crippen LogP contribution is -2.58. The van der Waals surface area contributed by atoms with Crippen molar-refractivity contribution >= 4 is 5.96 Å². The first-order chi connectivity index (χ1) is 9.82. The fraction of sp³-hybridized carbons (Fsp3) is 0.941. The summed E-state index contributed by atoms with van der Waals surface area (Å²) in [4.78, 5) is 9.53. The Hall–Kier alpha value is -0.770. The molecule has 1 fully saturated rings. The molecule has 2 aliphatic rings. The predicted octanol–water partition coefficient (Wildman–Crippen LogP) is 2.54. The van der Waals surface area contributed by atoms with Gasteiger partial charge in [-0.25, -0.2) is 0 Å². The zero-order valence-electron chi connectivity index (χ0n) is 14.7. The molecule has 122 valence electrons. The molecule has 0 radical (unpaired) electrons. The molecule has 0 bridgehead atoms. The Morgan fingerprint density at radius 1 is 1.29 bits per heavy atom. The van der Waals surface area contributed by atoms with E-state index in [2.05, 4.69) is 49.4 Å². The minimum atomic E-state index is 0.179. The van der Waals surface area contributed by atoms with Gasteiger partial charge in [0.2, 0.25) is 0 Å². The molecule has 2 rings (SSSR count). The van der Waals surface area contributed by atoms with E-state index in [-0.39, 0.29) is 5.54 Å². The van der Waals surface area contributed by atoms with E-state index >= 15 is 0 Å². The Morgan fingerprint density at radius 2 is 1.95 bits per heavy atom. The highest BCUT2D eigenvalue weighted by molar-refractivity contribution is 5.81. The number of hydrogen-bond donors (Lipinski definition) is 1. The molecule has 0 aromatic rings. The van der Waals surface area contributed by atoms with E-state index in [1.165, 1.54) is 19.3 Å². The standard InChI is InChI=1S/C17H34N4/c1-6-20(7-2)8-9-21-15(18)19-13-17(21)11-14(3)10-16(4,5)12-17/h14H,6-13H2,1-5H3,(H2,18,19). The number of nitrogens with two attached hydrogens (primary N) is 1. The highest BCUT2D eigenvalue weighted by atomic mass is 15.4. The van der Waals surface area contributed by atoms with Crippen LogP contribution in [0.1, 0.15) is 53.9 Å². The second-order valence-corrected chi connectivity index (χ2v) is 7.93. The van der Waals surface area contributed by atoms with Crippen LogP contribution in [-0.4, -0.2) is 54.0 Å². The Balaban J connectivity index is 2.11. The number of rotatable bonds is 5. The lowest BCUT2D eigenvalue weighted by atomic mass is 9.64. The molecule has 1 aliphatic heterocycles. The van der Waals surface area contributed by atoms with Gasteiger partial charge in [0.1, 0.15) is 0 Å². The molecule has 2 atom stereocenters. The zero-order chi connectivity index (χ0) is 15.7. The van der Waals surface area contributed by atoms with Crippen molar-refractivity contribution in [3.63, 3.8) is 0 Å². The monoisotopic (exact) mass is 294 g/mol. The van der Waals surface area contributed by atoms with Crippen molar-refractivity contribution in [1.29, 1.82) is 0 Å². The van der Waals surface area contributed by atoms with Gasteiger partial charge in [0.15, 0.2) is 5.96 Å². The maximum Gasteiger partial charge on any atom is 0.191 e. The van der Waals surface area contributed by atoms with Crippen LogP contribution in [0, 0.1) is 11.3 Å². The summed E-state index contributed by atoms with van der Waals surface area (Å²) in [5.74, 6) is 1.53. The molecule has 1 aliphatic carbocycles. The van der Waals surface area contributed by atoms with E-state index in [1.54, 1.807) is 0 Å². The number of aliphatic imine (C=N–C) groups is 1. The second kappa shape index (κ2) is 6.15. The zero-order valence-corrected chi connectivity index (χ0v) is 14.7. The van der Waals surface area contributed by atoms with Crippen molar-refractivity contribution in [2.75, 3.05) is 32.7 Å². The van der Waals surface area contributed by atoms with Crippen LogP contribution in [0.15, 0.2) is 4.99 Å². The summed E-state index contributed by atoms with van der Waals surface area (Å²) < 4.78 is 0. The fourth-order valence-electron chi connectivity index (χ4n) is 4.80. The molecule has 21 heavy (non-hydrogen) atoms. The summed E-state index contributed by atoms with van der Waals surface area (Å²) >= 11 is 0. The maximum atomic E-state index is 6.25. The third-order valence-corrected chi connectivity index (χ3v) is 5.36. The van der Waals surface area contributed by atoms with Gasteiger partial charge in [-0.05, 0) is 43.7 Å². The van der Waals surface area contributed by atoms with Crippen molar-refractivity contribution < 1.29 is 0 Å². The Labute approximate surface area is 130 Å². The smallest absolute Gasteiger partial charge is 0.191 e. The maximum absolute atomic E-state index is 6.25. The largest absolute Gasteiger partial charge is 0.370 e. The summed E-state index contributed by atoms with van der Waals surface area (Å²) in [5.41, 5.74) is 6.82. The topological polar surface area (TPSA) is 44.9 Å². The summed E-state index contributed by atoms with van der Waals surface area (Å²) in [6, 6.07) is 0. The number of nitrogens with zero attached hydrogens (tertiary/aromatic N) is 3. The van der Waals surface area contributed by atoms with Gasteiger partial charge in [-0.15, -0.1) is 0 Å². The number of likely N-dealkylation sites (N-methyl/N-ethyl adjacent to an activating group) is 1. The first-order valence-corrected chi connectivity index (χ1v) is 8.62. The molecular weight excluding hydrogens is 260 g/mol. The summed E-state index contributed by atoms with van der Waals surface area (Å²) in [5, 5.41) is 0. The van der Waals surface area contributed by atoms with E-state index in [0.29, 0.717) is 5.41 Å². The van der Waals surface area contributed by atoms with Crippen molar-refractivity contribution in [3.8, 4) is 0 Å². The SMILES string of the molecule is CCN(CC)CCN1C(N)=NCC12CC(C)CC(C)(C)C2. The Kier molecular flexibility index (Phi) is 4.86. The van der Waals surface area contributed by atoms with Crippen LogP contribution >= 0.6 is 0 Å². The highest BCUT2D eigenvalue weighted by Crippen LogP contribution is 2.48. The lowest BCUT2D eigenvalue weighted by Gasteiger charge is -2.50. The molecule has 4 heteroatoms. The summed E-state index contributed by atoms with van der Waals surface area (Å²) in [6.07, 6.45) is 3.77. The average Bonchev–Trinajstić information content (AvgIpc) is 2.65. The van der Waals surface area contributed by atoms with Crippen LogP contribution in [-0.2, 0) is 0 Å². The van der Waals surface area contributed by atoms with E-state index in [1.807, 2.05) is 0 Å². The Morgan fingerprint density at radius 3 is 2.52 bits per heavy atom. The van der Waals surface area contributed by atoms with Crippen molar-refractivity contribution in [3.05, 3.63) is 0 Å². The minimum absolute atomic E-state index is 0.179. The normalized spacial score (nSPS) is 32.0. The first-order valence-electron chi connectivity index (χ1n) is 8.62. The van der Waals surface area contributed by atoms with Crippen molar-refractivity contribution in [2.45, 2.75) is 59.4 Å². The average molecular weight is 294 g/mol. The van der Waals surface area contributed by atoms with Crippen molar-refractivity contribution in [1.82, 2.24) is 9.80 Å². The molecule has 4 nitrogen and oxygen atoms in total. The van der Waals surface area contributed by atoms with Gasteiger partial charge >= 0.3 is 0 Å². The van der Waals surface area contributed by atoms with E-state index in [0.717, 1.165) is 44.6 Å². The van der Waals surface area contributed by atoms with Crippen LogP contribution < -0.4 is 5.73 Å². The van der Waals surface area contributed by atoms with Crippen LogP contribution in [0.5, 0.6) is 0 Å². The van der Waals surface area contributed by atoms with Crippen LogP contribution in [0.25, 0.3) is 0 Å². The molecule has 0 aromatic heterocycles. The third kappa shape index (κ3) is 3.53. The molecule has 2 unspecified atom stereocenters. The van der Waals surface area contributed by atoms with Crippen LogP contribution in [0.2, 0.25) is 0 Å². The van der Waals surface area contributed by atoms with E-state index in [9.17, 15) is 0 Å². The first kappa shape index (κ1) is 16.6. The van der Waals surface area contributed by atoms with Gasteiger partial charge in [-0.2, -0.15) is 0 Å². The highest BCUT2D eigenvalue weighted by Gasteiger charge is 2.49. The van der Waals surface area contributed by atoms with Gasteiger partial charge in [0, 0.05) is 13.1 Å². The molecule has 1 heterocycles. The molecule has 0 saturated heterocycles. The van der Waals surface area contributed by atoms with Gasteiger partial charge in [-0.3, -0.25) is 4.99 Å². The number of hydrogen-bond acceptors (Lipinski definition) is 4. The summed E-state index contributed by atoms with van der Waals surface area (Å²) in [7, 11) is 0. The quantitative estimate of drug-likeness (QED) is 0.847. The third-order valence-electron chi connectivity index (χ3n) is 5.36. The van der Waals surface area contributed by atoms with Gasteiger partial charge in [0.25, 0.3) is 0 Å². The van der Waals surface area contributed by atoms with Crippen molar-refractivity contribution in [2.24, 2.45) is 22.1 Å². The predicted molar refractivity (Wildman–Crippen MR) is 90.5 cm³/mol. The van der Waals surface area contributed by atoms with Gasteiger partial charge in [0.05, 0.1) is 12.1 Å².